The molecule has 4 rings (SSSR count). The Hall–Kier alpha value is -3.14. The fraction of sp³-hybridized carbons (Fsp3) is 0.350. The van der Waals surface area contributed by atoms with Crippen molar-refractivity contribution in [2.75, 3.05) is 31.4 Å². The third kappa shape index (κ3) is 3.70. The number of rotatable bonds is 7. The lowest BCUT2D eigenvalue weighted by Crippen LogP contribution is -2.38. The fourth-order valence-corrected chi connectivity index (χ4v) is 3.89. The predicted octanol–water partition coefficient (Wildman–Crippen LogP) is 1.18. The van der Waals surface area contributed by atoms with Crippen LogP contribution >= 0.6 is 0 Å². The average Bonchev–Trinajstić information content (AvgIpc) is 3.38. The van der Waals surface area contributed by atoms with Crippen molar-refractivity contribution in [2.45, 2.75) is 18.3 Å². The lowest BCUT2D eigenvalue weighted by Gasteiger charge is -2.11. The minimum absolute atomic E-state index is 0.0602. The van der Waals surface area contributed by atoms with E-state index in [9.17, 15) is 13.2 Å². The molecule has 1 aliphatic rings. The first-order chi connectivity index (χ1) is 14.2. The second-order valence-electron chi connectivity index (χ2n) is 7.55. The number of anilines is 1. The van der Waals surface area contributed by atoms with Gasteiger partial charge in [0.25, 0.3) is 0 Å². The largest absolute Gasteiger partial charge is 0.493 e. The van der Waals surface area contributed by atoms with Crippen molar-refractivity contribution < 1.29 is 17.9 Å². The zero-order valence-corrected chi connectivity index (χ0v) is 17.6. The van der Waals surface area contributed by atoms with Crippen LogP contribution in [0.4, 0.5) is 5.69 Å². The second-order valence-corrected chi connectivity index (χ2v) is 9.81. The molecule has 0 unspecified atom stereocenters. The number of nitrogens with one attached hydrogen (secondary N) is 1. The zero-order valence-electron chi connectivity index (χ0n) is 16.8. The Morgan fingerprint density at radius 2 is 2.07 bits per heavy atom. The highest BCUT2D eigenvalue weighted by Crippen LogP contribution is 2.47. The van der Waals surface area contributed by atoms with Gasteiger partial charge in [0.2, 0.25) is 5.91 Å². The normalized spacial score (nSPS) is 15.1. The Kier molecular flexibility index (Phi) is 4.89. The predicted molar refractivity (Wildman–Crippen MR) is 113 cm³/mol. The van der Waals surface area contributed by atoms with E-state index in [1.54, 1.807) is 23.8 Å². The van der Waals surface area contributed by atoms with Gasteiger partial charge in [0.15, 0.2) is 17.2 Å². The lowest BCUT2D eigenvalue weighted by atomic mass is 10.1. The minimum Gasteiger partial charge on any atom is -0.493 e. The lowest BCUT2D eigenvalue weighted by molar-refractivity contribution is -0.123. The summed E-state index contributed by atoms with van der Waals surface area (Å²) >= 11 is 0. The maximum atomic E-state index is 12.8. The van der Waals surface area contributed by atoms with Crippen molar-refractivity contribution in [1.29, 1.82) is 0 Å². The van der Waals surface area contributed by atoms with Gasteiger partial charge in [-0.3, -0.25) is 4.79 Å². The first kappa shape index (κ1) is 20.1. The van der Waals surface area contributed by atoms with Crippen molar-refractivity contribution in [3.63, 3.8) is 0 Å². The van der Waals surface area contributed by atoms with Crippen LogP contribution in [0.2, 0.25) is 0 Å². The maximum absolute atomic E-state index is 12.8. The van der Waals surface area contributed by atoms with Gasteiger partial charge in [0.1, 0.15) is 15.3 Å². The van der Waals surface area contributed by atoms with Gasteiger partial charge in [0, 0.05) is 24.1 Å². The Morgan fingerprint density at radius 3 is 2.70 bits per heavy atom. The van der Waals surface area contributed by atoms with E-state index in [-0.39, 0.29) is 18.2 Å². The quantitative estimate of drug-likeness (QED) is 0.540. The summed E-state index contributed by atoms with van der Waals surface area (Å²) in [5.74, 6) is 0.566. The van der Waals surface area contributed by atoms with Crippen LogP contribution in [-0.4, -0.2) is 54.6 Å². The number of sulfone groups is 1. The molecular formula is C20H23N5O4S. The zero-order chi connectivity index (χ0) is 21.5. The van der Waals surface area contributed by atoms with Gasteiger partial charge < -0.3 is 15.8 Å². The van der Waals surface area contributed by atoms with E-state index in [4.69, 9.17) is 10.5 Å². The number of nitrogens with two attached hydrogens (primary N) is 1. The first-order valence-corrected chi connectivity index (χ1v) is 11.6. The van der Waals surface area contributed by atoms with Gasteiger partial charge in [-0.2, -0.15) is 0 Å². The molecule has 1 saturated carbocycles. The molecule has 1 amide bonds. The molecule has 0 aliphatic heterocycles. The Morgan fingerprint density at radius 1 is 1.30 bits per heavy atom. The van der Waals surface area contributed by atoms with Gasteiger partial charge in [-0.05, 0) is 37.1 Å². The summed E-state index contributed by atoms with van der Waals surface area (Å²) in [7, 11) is -1.61. The van der Waals surface area contributed by atoms with Gasteiger partial charge in [-0.1, -0.05) is 12.1 Å². The number of carbonyl (C=O) groups excluding carboxylic acids is 1. The Bertz CT molecular complexity index is 1230. The molecule has 10 heteroatoms. The molecule has 1 aromatic carbocycles. The number of hydrogen-bond acceptors (Lipinski definition) is 7. The third-order valence-electron chi connectivity index (χ3n) is 5.22. The number of nitrogens with zero attached hydrogens (tertiary/aromatic N) is 3. The number of aromatic nitrogens is 3. The monoisotopic (exact) mass is 429 g/mol. The number of benzene rings is 1. The molecule has 0 atom stereocenters. The Balaban J connectivity index is 1.72. The average molecular weight is 430 g/mol. The van der Waals surface area contributed by atoms with Crippen LogP contribution in [0.15, 0.2) is 36.4 Å². The topological polar surface area (TPSA) is 129 Å². The van der Waals surface area contributed by atoms with Gasteiger partial charge >= 0.3 is 0 Å². The summed E-state index contributed by atoms with van der Waals surface area (Å²) in [6.07, 6.45) is 2.34. The SMILES string of the molecule is COc1ccc(-c2cccc(N)c2)n2nc(C3(C(=O)NCCS(C)(=O)=O)CC3)nc12. The number of fused-ring (bicyclic) bond motifs is 1. The number of ether oxygens (including phenoxy) is 1. The molecule has 2 aromatic heterocycles. The third-order valence-corrected chi connectivity index (χ3v) is 6.17. The van der Waals surface area contributed by atoms with E-state index in [0.717, 1.165) is 17.5 Å². The van der Waals surface area contributed by atoms with E-state index >= 15 is 0 Å². The highest BCUT2D eigenvalue weighted by atomic mass is 32.2. The molecule has 1 fully saturated rings. The first-order valence-electron chi connectivity index (χ1n) is 9.50. The summed E-state index contributed by atoms with van der Waals surface area (Å²) in [5, 5.41) is 7.36. The molecule has 0 radical (unpaired) electrons. The minimum atomic E-state index is -3.16. The van der Waals surface area contributed by atoms with Crippen LogP contribution < -0.4 is 15.8 Å². The number of pyridine rings is 1. The summed E-state index contributed by atoms with van der Waals surface area (Å²) in [6, 6.07) is 11.1. The number of hydrogen-bond donors (Lipinski definition) is 2. The summed E-state index contributed by atoms with van der Waals surface area (Å²) in [5.41, 5.74) is 7.85. The number of carbonyl (C=O) groups is 1. The molecule has 0 saturated heterocycles. The summed E-state index contributed by atoms with van der Waals surface area (Å²) < 4.78 is 29.8. The number of nitrogen functional groups attached to an aromatic ring is 1. The van der Waals surface area contributed by atoms with Gasteiger partial charge in [-0.25, -0.2) is 17.9 Å². The molecule has 30 heavy (non-hydrogen) atoms. The van der Waals surface area contributed by atoms with E-state index in [1.807, 2.05) is 24.3 Å². The molecule has 158 valence electrons. The van der Waals surface area contributed by atoms with E-state index in [0.29, 0.717) is 35.8 Å². The highest BCUT2D eigenvalue weighted by Gasteiger charge is 2.54. The van der Waals surface area contributed by atoms with Crippen molar-refractivity contribution in [3.8, 4) is 17.0 Å². The van der Waals surface area contributed by atoms with Gasteiger partial charge in [0.05, 0.1) is 18.6 Å². The standard InChI is InChI=1S/C20H23N5O4S/c1-29-16-7-6-15(13-4-3-5-14(21)12-13)25-17(16)23-18(24-25)20(8-9-20)19(26)22-10-11-30(2,27)28/h3-7,12H,8-11,21H2,1-2H3,(H,22,26). The highest BCUT2D eigenvalue weighted by molar-refractivity contribution is 7.90. The van der Waals surface area contributed by atoms with Crippen molar-refractivity contribution in [2.24, 2.45) is 0 Å². The molecule has 2 heterocycles. The second kappa shape index (κ2) is 7.28. The fourth-order valence-electron chi connectivity index (χ4n) is 3.41. The molecule has 1 aliphatic carbocycles. The number of methoxy groups -OCH3 is 1. The maximum Gasteiger partial charge on any atom is 0.234 e. The van der Waals surface area contributed by atoms with Crippen LogP contribution in [0, 0.1) is 0 Å². The van der Waals surface area contributed by atoms with Crippen LogP contribution in [0.25, 0.3) is 16.9 Å². The van der Waals surface area contributed by atoms with E-state index in [2.05, 4.69) is 15.4 Å². The molecule has 0 bridgehead atoms. The molecule has 9 nitrogen and oxygen atoms in total. The molecule has 0 spiro atoms. The van der Waals surface area contributed by atoms with Crippen molar-refractivity contribution in [3.05, 3.63) is 42.2 Å². The molecule has 3 N–H and O–H groups in total. The van der Waals surface area contributed by atoms with Crippen LogP contribution in [-0.2, 0) is 20.0 Å². The summed E-state index contributed by atoms with van der Waals surface area (Å²) in [4.78, 5) is 17.4. The van der Waals surface area contributed by atoms with E-state index in [1.165, 1.54) is 0 Å². The van der Waals surface area contributed by atoms with Crippen molar-refractivity contribution >= 4 is 27.1 Å². The van der Waals surface area contributed by atoms with Crippen LogP contribution in [0.5, 0.6) is 5.75 Å². The van der Waals surface area contributed by atoms with Crippen molar-refractivity contribution in [1.82, 2.24) is 19.9 Å². The molecular weight excluding hydrogens is 406 g/mol. The number of amides is 1. The smallest absolute Gasteiger partial charge is 0.234 e. The van der Waals surface area contributed by atoms with Gasteiger partial charge in [-0.15, -0.1) is 5.10 Å². The summed E-state index contributed by atoms with van der Waals surface area (Å²) in [6.45, 7) is 0.0602. The Labute approximate surface area is 174 Å². The van der Waals surface area contributed by atoms with Crippen LogP contribution in [0.3, 0.4) is 0 Å². The molecule has 3 aromatic rings. The van der Waals surface area contributed by atoms with Crippen LogP contribution in [0.1, 0.15) is 18.7 Å². The van der Waals surface area contributed by atoms with E-state index < -0.39 is 15.3 Å².